The van der Waals surface area contributed by atoms with Gasteiger partial charge in [-0.15, -0.1) is 10.2 Å². The molecule has 7 heteroatoms. The number of pyridine rings is 1. The number of carbonyl (C=O) groups is 1. The van der Waals surface area contributed by atoms with Gasteiger partial charge in [-0.25, -0.2) is 0 Å². The minimum Gasteiger partial charge on any atom is -0.355 e. The van der Waals surface area contributed by atoms with Crippen LogP contribution >= 0.6 is 11.8 Å². The Morgan fingerprint density at radius 1 is 1.40 bits per heavy atom. The third kappa shape index (κ3) is 3.16. The fourth-order valence-corrected chi connectivity index (χ4v) is 2.54. The summed E-state index contributed by atoms with van der Waals surface area (Å²) in [5, 5.41) is 11.6. The highest BCUT2D eigenvalue weighted by molar-refractivity contribution is 8.00. The van der Waals surface area contributed by atoms with E-state index in [1.54, 1.807) is 12.4 Å². The molecule has 106 valence electrons. The first-order valence-corrected chi connectivity index (χ1v) is 7.25. The van der Waals surface area contributed by atoms with E-state index >= 15 is 0 Å². The zero-order chi connectivity index (χ0) is 14.5. The molecule has 0 aliphatic heterocycles. The number of aromatic nitrogens is 4. The summed E-state index contributed by atoms with van der Waals surface area (Å²) in [6.07, 6.45) is 3.43. The van der Waals surface area contributed by atoms with E-state index in [9.17, 15) is 4.79 Å². The van der Waals surface area contributed by atoms with Crippen molar-refractivity contribution >= 4 is 17.7 Å². The lowest BCUT2D eigenvalue weighted by atomic mass is 10.2. The van der Waals surface area contributed by atoms with Gasteiger partial charge < -0.3 is 9.88 Å². The average Bonchev–Trinajstić information content (AvgIpc) is 2.81. The summed E-state index contributed by atoms with van der Waals surface area (Å²) in [5.74, 6) is 0.768. The Balaban J connectivity index is 2.16. The molecular weight excluding hydrogens is 274 g/mol. The van der Waals surface area contributed by atoms with Crippen LogP contribution in [-0.4, -0.2) is 37.5 Å². The van der Waals surface area contributed by atoms with Crippen LogP contribution in [0.15, 0.2) is 29.7 Å². The molecule has 2 heterocycles. The number of hydrogen-bond acceptors (Lipinski definition) is 5. The van der Waals surface area contributed by atoms with E-state index in [-0.39, 0.29) is 11.2 Å². The van der Waals surface area contributed by atoms with Gasteiger partial charge in [0.2, 0.25) is 5.91 Å². The Bertz CT molecular complexity index is 584. The standard InChI is InChI=1S/C13H17N5OS/c1-4-15-12(19)9(2)20-13-17-16-11(18(13)3)10-5-7-14-8-6-10/h5-9H,4H2,1-3H3,(H,15,19). The fraction of sp³-hybridized carbons (Fsp3) is 0.385. The number of amides is 1. The summed E-state index contributed by atoms with van der Waals surface area (Å²) in [4.78, 5) is 15.7. The first-order chi connectivity index (χ1) is 9.63. The van der Waals surface area contributed by atoms with E-state index in [1.165, 1.54) is 11.8 Å². The summed E-state index contributed by atoms with van der Waals surface area (Å²) >= 11 is 1.40. The first kappa shape index (κ1) is 14.5. The Labute approximate surface area is 122 Å². The largest absolute Gasteiger partial charge is 0.355 e. The molecule has 0 fully saturated rings. The second kappa shape index (κ2) is 6.51. The van der Waals surface area contributed by atoms with Gasteiger partial charge in [-0.1, -0.05) is 11.8 Å². The highest BCUT2D eigenvalue weighted by Crippen LogP contribution is 2.25. The van der Waals surface area contributed by atoms with Crippen LogP contribution in [0.5, 0.6) is 0 Å². The van der Waals surface area contributed by atoms with Gasteiger partial charge in [0.15, 0.2) is 11.0 Å². The molecule has 1 N–H and O–H groups in total. The monoisotopic (exact) mass is 291 g/mol. The normalized spacial score (nSPS) is 12.2. The number of rotatable bonds is 5. The van der Waals surface area contributed by atoms with Gasteiger partial charge in [0.05, 0.1) is 5.25 Å². The minimum atomic E-state index is -0.205. The van der Waals surface area contributed by atoms with Crippen molar-refractivity contribution in [3.8, 4) is 11.4 Å². The number of nitrogens with one attached hydrogen (secondary N) is 1. The molecule has 2 aromatic heterocycles. The van der Waals surface area contributed by atoms with Crippen LogP contribution in [-0.2, 0) is 11.8 Å². The van der Waals surface area contributed by atoms with E-state index in [1.807, 2.05) is 37.6 Å². The van der Waals surface area contributed by atoms with Crippen LogP contribution in [0.1, 0.15) is 13.8 Å². The highest BCUT2D eigenvalue weighted by atomic mass is 32.2. The van der Waals surface area contributed by atoms with Gasteiger partial charge in [-0.3, -0.25) is 9.78 Å². The molecule has 0 aromatic carbocycles. The molecule has 1 amide bonds. The Morgan fingerprint density at radius 3 is 2.75 bits per heavy atom. The molecule has 2 aromatic rings. The smallest absolute Gasteiger partial charge is 0.233 e. The average molecular weight is 291 g/mol. The van der Waals surface area contributed by atoms with Crippen molar-refractivity contribution in [2.45, 2.75) is 24.3 Å². The molecule has 0 aliphatic rings. The van der Waals surface area contributed by atoms with Crippen molar-refractivity contribution in [1.29, 1.82) is 0 Å². The van der Waals surface area contributed by atoms with E-state index in [2.05, 4.69) is 20.5 Å². The van der Waals surface area contributed by atoms with Crippen LogP contribution in [0.4, 0.5) is 0 Å². The molecule has 6 nitrogen and oxygen atoms in total. The number of thioether (sulfide) groups is 1. The Morgan fingerprint density at radius 2 is 2.10 bits per heavy atom. The summed E-state index contributed by atoms with van der Waals surface area (Å²) in [5.41, 5.74) is 0.951. The summed E-state index contributed by atoms with van der Waals surface area (Å²) in [7, 11) is 1.89. The maximum absolute atomic E-state index is 11.7. The quantitative estimate of drug-likeness (QED) is 0.845. The molecule has 0 aliphatic carbocycles. The number of carbonyl (C=O) groups excluding carboxylic acids is 1. The second-order valence-electron chi connectivity index (χ2n) is 4.26. The third-order valence-electron chi connectivity index (χ3n) is 2.78. The molecule has 0 saturated heterocycles. The minimum absolute atomic E-state index is 0.00552. The Kier molecular flexibility index (Phi) is 4.73. The molecule has 2 rings (SSSR count). The van der Waals surface area contributed by atoms with Crippen molar-refractivity contribution in [3.63, 3.8) is 0 Å². The topological polar surface area (TPSA) is 72.7 Å². The zero-order valence-electron chi connectivity index (χ0n) is 11.7. The third-order valence-corrected chi connectivity index (χ3v) is 3.91. The maximum atomic E-state index is 11.7. The van der Waals surface area contributed by atoms with E-state index in [0.29, 0.717) is 6.54 Å². The Hall–Kier alpha value is -1.89. The van der Waals surface area contributed by atoms with Crippen LogP contribution in [0, 0.1) is 0 Å². The van der Waals surface area contributed by atoms with Crippen molar-refractivity contribution in [2.24, 2.45) is 7.05 Å². The first-order valence-electron chi connectivity index (χ1n) is 6.37. The lowest BCUT2D eigenvalue weighted by Crippen LogP contribution is -2.30. The number of nitrogens with zero attached hydrogens (tertiary/aromatic N) is 4. The highest BCUT2D eigenvalue weighted by Gasteiger charge is 2.18. The van der Waals surface area contributed by atoms with Crippen molar-refractivity contribution in [1.82, 2.24) is 25.1 Å². The van der Waals surface area contributed by atoms with Crippen molar-refractivity contribution < 1.29 is 4.79 Å². The fourth-order valence-electron chi connectivity index (χ4n) is 1.70. The predicted molar refractivity (Wildman–Crippen MR) is 78.2 cm³/mol. The zero-order valence-corrected chi connectivity index (χ0v) is 12.5. The summed E-state index contributed by atoms with van der Waals surface area (Å²) in [6.45, 7) is 4.39. The van der Waals surface area contributed by atoms with Gasteiger partial charge in [0, 0.05) is 31.5 Å². The molecule has 0 bridgehead atoms. The molecule has 0 spiro atoms. The van der Waals surface area contributed by atoms with Crippen molar-refractivity contribution in [2.75, 3.05) is 6.54 Å². The van der Waals surface area contributed by atoms with Gasteiger partial charge in [-0.2, -0.15) is 0 Å². The lowest BCUT2D eigenvalue weighted by Gasteiger charge is -2.10. The van der Waals surface area contributed by atoms with Gasteiger partial charge in [0.25, 0.3) is 0 Å². The van der Waals surface area contributed by atoms with Crippen LogP contribution < -0.4 is 5.32 Å². The number of hydrogen-bond donors (Lipinski definition) is 1. The molecule has 20 heavy (non-hydrogen) atoms. The maximum Gasteiger partial charge on any atom is 0.233 e. The van der Waals surface area contributed by atoms with E-state index < -0.39 is 0 Å². The lowest BCUT2D eigenvalue weighted by molar-refractivity contribution is -0.120. The molecule has 1 unspecified atom stereocenters. The van der Waals surface area contributed by atoms with Crippen LogP contribution in [0.2, 0.25) is 0 Å². The summed E-state index contributed by atoms with van der Waals surface area (Å²) < 4.78 is 1.88. The predicted octanol–water partition coefficient (Wildman–Crippen LogP) is 1.49. The molecule has 1 atom stereocenters. The summed E-state index contributed by atoms with van der Waals surface area (Å²) in [6, 6.07) is 3.76. The van der Waals surface area contributed by atoms with Gasteiger partial charge in [-0.05, 0) is 26.0 Å². The second-order valence-corrected chi connectivity index (χ2v) is 5.56. The van der Waals surface area contributed by atoms with Crippen LogP contribution in [0.3, 0.4) is 0 Å². The van der Waals surface area contributed by atoms with E-state index in [0.717, 1.165) is 16.5 Å². The van der Waals surface area contributed by atoms with E-state index in [4.69, 9.17) is 0 Å². The van der Waals surface area contributed by atoms with Gasteiger partial charge >= 0.3 is 0 Å². The van der Waals surface area contributed by atoms with Gasteiger partial charge in [0.1, 0.15) is 0 Å². The molecular formula is C13H17N5OS. The molecule has 0 saturated carbocycles. The van der Waals surface area contributed by atoms with Crippen molar-refractivity contribution in [3.05, 3.63) is 24.5 Å². The molecule has 0 radical (unpaired) electrons. The van der Waals surface area contributed by atoms with Crippen LogP contribution in [0.25, 0.3) is 11.4 Å². The SMILES string of the molecule is CCNC(=O)C(C)Sc1nnc(-c2ccncc2)n1C.